The summed E-state index contributed by atoms with van der Waals surface area (Å²) in [7, 11) is -2.32. The van der Waals surface area contributed by atoms with Gasteiger partial charge in [0.15, 0.2) is 0 Å². The van der Waals surface area contributed by atoms with Crippen molar-refractivity contribution in [1.29, 1.82) is 0 Å². The maximum Gasteiger partial charge on any atom is 0.243 e. The molecule has 0 unspecified atom stereocenters. The molecule has 0 aromatic heterocycles. The second kappa shape index (κ2) is 9.43. The van der Waals surface area contributed by atoms with Crippen LogP contribution in [-0.2, 0) is 27.7 Å². The quantitative estimate of drug-likeness (QED) is 0.572. The number of amides is 1. The molecule has 3 aromatic carbocycles. The third kappa shape index (κ3) is 4.71. The fourth-order valence-electron chi connectivity index (χ4n) is 4.43. The molecular formula is C26H30N2O3S. The van der Waals surface area contributed by atoms with Crippen LogP contribution in [0, 0.1) is 0 Å². The lowest BCUT2D eigenvalue weighted by Crippen LogP contribution is -2.39. The fraction of sp³-hybridized carbons (Fsp3) is 0.346. The van der Waals surface area contributed by atoms with Crippen LogP contribution >= 0.6 is 0 Å². The van der Waals surface area contributed by atoms with E-state index in [1.54, 1.807) is 18.2 Å². The maximum atomic E-state index is 13.0. The third-order valence-corrected chi connectivity index (χ3v) is 8.11. The normalized spacial score (nSPS) is 14.8. The average Bonchev–Trinajstić information content (AvgIpc) is 2.81. The first-order valence-electron chi connectivity index (χ1n) is 11.2. The zero-order valence-corrected chi connectivity index (χ0v) is 19.5. The molecule has 0 spiro atoms. The molecule has 1 amide bonds. The summed E-state index contributed by atoms with van der Waals surface area (Å²) in [6.07, 6.45) is 5.39. The van der Waals surface area contributed by atoms with Gasteiger partial charge in [0.1, 0.15) is 0 Å². The van der Waals surface area contributed by atoms with Crippen LogP contribution in [-0.4, -0.2) is 32.2 Å². The van der Waals surface area contributed by atoms with Gasteiger partial charge < -0.3 is 5.32 Å². The number of nitrogens with zero attached hydrogens (tertiary/aromatic N) is 1. The number of nitrogens with one attached hydrogen (secondary N) is 1. The molecule has 0 radical (unpaired) electrons. The number of hydrogen-bond acceptors (Lipinski definition) is 3. The van der Waals surface area contributed by atoms with Crippen molar-refractivity contribution >= 4 is 26.7 Å². The second-order valence-corrected chi connectivity index (χ2v) is 10.6. The van der Waals surface area contributed by atoms with Crippen molar-refractivity contribution in [2.45, 2.75) is 50.0 Å². The Morgan fingerprint density at radius 1 is 0.969 bits per heavy atom. The molecule has 6 heteroatoms. The highest BCUT2D eigenvalue weighted by Crippen LogP contribution is 2.26. The van der Waals surface area contributed by atoms with Crippen LogP contribution in [0.15, 0.2) is 65.6 Å². The number of rotatable bonds is 7. The monoisotopic (exact) mass is 450 g/mol. The van der Waals surface area contributed by atoms with E-state index < -0.39 is 10.0 Å². The van der Waals surface area contributed by atoms with E-state index in [0.29, 0.717) is 0 Å². The van der Waals surface area contributed by atoms with Gasteiger partial charge in [0.05, 0.1) is 17.5 Å². The van der Waals surface area contributed by atoms with E-state index in [-0.39, 0.29) is 23.4 Å². The number of carbonyl (C=O) groups excluding carboxylic acids is 1. The van der Waals surface area contributed by atoms with Gasteiger partial charge in [-0.05, 0) is 71.7 Å². The van der Waals surface area contributed by atoms with E-state index in [9.17, 15) is 13.2 Å². The van der Waals surface area contributed by atoms with E-state index in [1.807, 2.05) is 31.2 Å². The summed E-state index contributed by atoms with van der Waals surface area (Å²) >= 11 is 0. The van der Waals surface area contributed by atoms with Crippen molar-refractivity contribution in [3.8, 4) is 0 Å². The number of carbonyl (C=O) groups is 1. The summed E-state index contributed by atoms with van der Waals surface area (Å²) in [5.41, 5.74) is 3.86. The standard InChI is InChI=1S/C26H30N2O3S/c1-3-25(23-13-12-19-8-4-6-10-21(19)16-23)27-26(29)18-28(2)32(30,31)24-15-14-20-9-5-7-11-22(20)17-24/h5,7,9,11-17,25H,3-4,6,8,10,18H2,1-2H3,(H,27,29)/t25-/m0/s1. The van der Waals surface area contributed by atoms with Crippen LogP contribution in [0.25, 0.3) is 10.8 Å². The lowest BCUT2D eigenvalue weighted by atomic mass is 9.89. The van der Waals surface area contributed by atoms with E-state index in [0.717, 1.165) is 39.9 Å². The van der Waals surface area contributed by atoms with Gasteiger partial charge in [-0.1, -0.05) is 55.5 Å². The van der Waals surface area contributed by atoms with Gasteiger partial charge in [0.25, 0.3) is 0 Å². The van der Waals surface area contributed by atoms with Gasteiger partial charge in [-0.3, -0.25) is 4.79 Å². The van der Waals surface area contributed by atoms with Gasteiger partial charge >= 0.3 is 0 Å². The molecule has 0 bridgehead atoms. The molecule has 3 aromatic rings. The molecule has 1 aliphatic rings. The molecule has 0 fully saturated rings. The Bertz CT molecular complexity index is 1240. The fourth-order valence-corrected chi connectivity index (χ4v) is 5.59. The van der Waals surface area contributed by atoms with Crippen molar-refractivity contribution in [2.75, 3.05) is 13.6 Å². The number of likely N-dealkylation sites (N-methyl/N-ethyl adjacent to an activating group) is 1. The van der Waals surface area contributed by atoms with Gasteiger partial charge in [-0.2, -0.15) is 4.31 Å². The summed E-state index contributed by atoms with van der Waals surface area (Å²) in [5, 5.41) is 4.86. The van der Waals surface area contributed by atoms with Gasteiger partial charge in [0, 0.05) is 7.05 Å². The first-order valence-corrected chi connectivity index (χ1v) is 12.7. The zero-order chi connectivity index (χ0) is 22.7. The third-order valence-electron chi connectivity index (χ3n) is 6.31. The number of hydrogen-bond donors (Lipinski definition) is 1. The lowest BCUT2D eigenvalue weighted by molar-refractivity contribution is -0.121. The van der Waals surface area contributed by atoms with E-state index in [2.05, 4.69) is 23.5 Å². The first-order chi connectivity index (χ1) is 15.4. The highest BCUT2D eigenvalue weighted by Gasteiger charge is 2.24. The summed E-state index contributed by atoms with van der Waals surface area (Å²) in [5.74, 6) is -0.304. The predicted octanol–water partition coefficient (Wildman–Crippen LogP) is 4.61. The molecule has 4 rings (SSSR count). The minimum Gasteiger partial charge on any atom is -0.348 e. The summed E-state index contributed by atoms with van der Waals surface area (Å²) in [6.45, 7) is 1.80. The largest absolute Gasteiger partial charge is 0.348 e. The molecule has 1 atom stereocenters. The van der Waals surface area contributed by atoms with E-state index >= 15 is 0 Å². The Hall–Kier alpha value is -2.70. The van der Waals surface area contributed by atoms with Crippen molar-refractivity contribution < 1.29 is 13.2 Å². The summed E-state index contributed by atoms with van der Waals surface area (Å²) in [6, 6.07) is 19.0. The number of benzene rings is 3. The van der Waals surface area contributed by atoms with Crippen LogP contribution in [0.5, 0.6) is 0 Å². The van der Waals surface area contributed by atoms with E-state index in [4.69, 9.17) is 0 Å². The SMILES string of the molecule is CC[C@H](NC(=O)CN(C)S(=O)(=O)c1ccc2ccccc2c1)c1ccc2c(c1)CCCC2. The summed E-state index contributed by atoms with van der Waals surface area (Å²) < 4.78 is 27.2. The van der Waals surface area contributed by atoms with Gasteiger partial charge in [-0.15, -0.1) is 0 Å². The number of sulfonamides is 1. The molecule has 5 nitrogen and oxygen atoms in total. The second-order valence-electron chi connectivity index (χ2n) is 8.53. The van der Waals surface area contributed by atoms with Crippen LogP contribution < -0.4 is 5.32 Å². The Kier molecular flexibility index (Phi) is 6.63. The average molecular weight is 451 g/mol. The smallest absolute Gasteiger partial charge is 0.243 e. The highest BCUT2D eigenvalue weighted by atomic mass is 32.2. The van der Waals surface area contributed by atoms with E-state index in [1.165, 1.54) is 31.0 Å². The van der Waals surface area contributed by atoms with Crippen molar-refractivity contribution in [1.82, 2.24) is 9.62 Å². The Morgan fingerprint density at radius 2 is 1.69 bits per heavy atom. The topological polar surface area (TPSA) is 66.5 Å². The molecule has 1 N–H and O–H groups in total. The van der Waals surface area contributed by atoms with Crippen LogP contribution in [0.4, 0.5) is 0 Å². The zero-order valence-electron chi connectivity index (χ0n) is 18.7. The molecule has 168 valence electrons. The minimum atomic E-state index is -3.77. The van der Waals surface area contributed by atoms with Gasteiger partial charge in [-0.25, -0.2) is 8.42 Å². The predicted molar refractivity (Wildman–Crippen MR) is 128 cm³/mol. The van der Waals surface area contributed by atoms with Gasteiger partial charge in [0.2, 0.25) is 15.9 Å². The molecule has 0 saturated heterocycles. The molecule has 0 saturated carbocycles. The molecule has 0 aliphatic heterocycles. The maximum absolute atomic E-state index is 13.0. The molecule has 32 heavy (non-hydrogen) atoms. The van der Waals surface area contributed by atoms with Crippen LogP contribution in [0.3, 0.4) is 0 Å². The Labute approximate surface area is 190 Å². The van der Waals surface area contributed by atoms with Crippen molar-refractivity contribution in [2.24, 2.45) is 0 Å². The molecular weight excluding hydrogens is 420 g/mol. The molecule has 0 heterocycles. The van der Waals surface area contributed by atoms with Crippen LogP contribution in [0.2, 0.25) is 0 Å². The minimum absolute atomic E-state index is 0.133. The Morgan fingerprint density at radius 3 is 2.44 bits per heavy atom. The van der Waals surface area contributed by atoms with Crippen molar-refractivity contribution in [3.63, 3.8) is 0 Å². The first kappa shape index (κ1) is 22.5. The highest BCUT2D eigenvalue weighted by molar-refractivity contribution is 7.89. The lowest BCUT2D eigenvalue weighted by Gasteiger charge is -2.23. The summed E-state index contributed by atoms with van der Waals surface area (Å²) in [4.78, 5) is 12.9. The van der Waals surface area contributed by atoms with Crippen LogP contribution in [0.1, 0.15) is 48.9 Å². The van der Waals surface area contributed by atoms with Crippen molar-refractivity contribution in [3.05, 3.63) is 77.4 Å². The molecule has 1 aliphatic carbocycles. The Balaban J connectivity index is 1.46. The number of fused-ring (bicyclic) bond motifs is 2. The number of aryl methyl sites for hydroxylation is 2.